The number of carbonyl (C=O) groups excluding carboxylic acids is 1. The average molecular weight is 375 g/mol. The minimum atomic E-state index is 0.0830. The maximum Gasteiger partial charge on any atom is 0.236 e. The number of hydrogen-bond acceptors (Lipinski definition) is 5. The number of halogens is 1. The highest BCUT2D eigenvalue weighted by Crippen LogP contribution is 2.26. The van der Waals surface area contributed by atoms with E-state index in [2.05, 4.69) is 21.8 Å². The Bertz CT molecular complexity index is 815. The van der Waals surface area contributed by atoms with Crippen molar-refractivity contribution in [2.45, 2.75) is 38.3 Å². The van der Waals surface area contributed by atoms with Crippen molar-refractivity contribution in [1.29, 1.82) is 0 Å². The molecule has 138 valence electrons. The van der Waals surface area contributed by atoms with Crippen molar-refractivity contribution in [3.8, 4) is 5.75 Å². The van der Waals surface area contributed by atoms with E-state index >= 15 is 0 Å². The molecule has 2 saturated heterocycles. The largest absolute Gasteiger partial charge is 0.489 e. The molecule has 0 bridgehead atoms. The van der Waals surface area contributed by atoms with Crippen LogP contribution in [0.2, 0.25) is 5.15 Å². The fourth-order valence-electron chi connectivity index (χ4n) is 3.89. The van der Waals surface area contributed by atoms with E-state index in [9.17, 15) is 4.79 Å². The number of ether oxygens (including phenoxy) is 1. The molecule has 1 aromatic heterocycles. The second-order valence-electron chi connectivity index (χ2n) is 7.19. The Kier molecular flexibility index (Phi) is 4.96. The molecule has 2 fully saturated rings. The molecule has 3 heterocycles. The fraction of sp³-hybridized carbons (Fsp3) is 0.526. The first-order valence-electron chi connectivity index (χ1n) is 9.19. The number of amides is 1. The SMILES string of the molecule is C[C@@H]1CCCN1C(=O)CN1CC[C@H](Oc2ccc3ncnc(Cl)c3c2)C1. The highest BCUT2D eigenvalue weighted by Gasteiger charge is 2.30. The number of nitrogens with zero attached hydrogens (tertiary/aromatic N) is 4. The van der Waals surface area contributed by atoms with Gasteiger partial charge < -0.3 is 9.64 Å². The van der Waals surface area contributed by atoms with Gasteiger partial charge in [-0.1, -0.05) is 11.6 Å². The molecule has 1 amide bonds. The van der Waals surface area contributed by atoms with Crippen LogP contribution in [0, 0.1) is 0 Å². The van der Waals surface area contributed by atoms with Crippen molar-refractivity contribution in [2.75, 3.05) is 26.2 Å². The lowest BCUT2D eigenvalue weighted by molar-refractivity contribution is -0.132. The van der Waals surface area contributed by atoms with E-state index < -0.39 is 0 Å². The molecule has 4 rings (SSSR count). The lowest BCUT2D eigenvalue weighted by atomic mass is 10.2. The van der Waals surface area contributed by atoms with Crippen molar-refractivity contribution < 1.29 is 9.53 Å². The predicted molar refractivity (Wildman–Crippen MR) is 100 cm³/mol. The van der Waals surface area contributed by atoms with Gasteiger partial charge in [0.15, 0.2) is 0 Å². The molecule has 0 unspecified atom stereocenters. The van der Waals surface area contributed by atoms with Crippen LogP contribution in [0.3, 0.4) is 0 Å². The van der Waals surface area contributed by atoms with Crippen LogP contribution < -0.4 is 4.74 Å². The Hall–Kier alpha value is -1.92. The number of hydrogen-bond donors (Lipinski definition) is 0. The van der Waals surface area contributed by atoms with E-state index in [4.69, 9.17) is 16.3 Å². The predicted octanol–water partition coefficient (Wildman–Crippen LogP) is 2.75. The minimum Gasteiger partial charge on any atom is -0.489 e. The topological polar surface area (TPSA) is 58.6 Å². The van der Waals surface area contributed by atoms with Gasteiger partial charge in [0.1, 0.15) is 23.3 Å². The third kappa shape index (κ3) is 3.62. The number of benzene rings is 1. The fourth-order valence-corrected chi connectivity index (χ4v) is 4.09. The maximum absolute atomic E-state index is 12.5. The Morgan fingerprint density at radius 3 is 3.00 bits per heavy atom. The molecule has 2 aliphatic heterocycles. The smallest absolute Gasteiger partial charge is 0.236 e. The van der Waals surface area contributed by atoms with Crippen molar-refractivity contribution in [3.63, 3.8) is 0 Å². The summed E-state index contributed by atoms with van der Waals surface area (Å²) in [5.74, 6) is 1.01. The zero-order valence-corrected chi connectivity index (χ0v) is 15.7. The molecule has 0 saturated carbocycles. The molecule has 26 heavy (non-hydrogen) atoms. The number of carbonyl (C=O) groups is 1. The molecule has 7 heteroatoms. The van der Waals surface area contributed by atoms with Crippen LogP contribution in [0.5, 0.6) is 5.75 Å². The normalized spacial score (nSPS) is 23.7. The van der Waals surface area contributed by atoms with E-state index in [0.29, 0.717) is 17.7 Å². The Labute approximate surface area is 158 Å². The summed E-state index contributed by atoms with van der Waals surface area (Å²) in [6.45, 7) is 5.17. The average Bonchev–Trinajstić information content (AvgIpc) is 3.24. The molecule has 1 aromatic carbocycles. The van der Waals surface area contributed by atoms with Crippen LogP contribution in [-0.2, 0) is 4.79 Å². The van der Waals surface area contributed by atoms with Gasteiger partial charge in [0.25, 0.3) is 0 Å². The Morgan fingerprint density at radius 1 is 1.31 bits per heavy atom. The molecule has 6 nitrogen and oxygen atoms in total. The first-order valence-corrected chi connectivity index (χ1v) is 9.56. The summed E-state index contributed by atoms with van der Waals surface area (Å²) in [5.41, 5.74) is 0.802. The molecule has 2 atom stereocenters. The second kappa shape index (κ2) is 7.37. The molecular formula is C19H23ClN4O2. The second-order valence-corrected chi connectivity index (χ2v) is 7.54. The quantitative estimate of drug-likeness (QED) is 0.770. The molecular weight excluding hydrogens is 352 g/mol. The van der Waals surface area contributed by atoms with Gasteiger partial charge in [-0.05, 0) is 44.4 Å². The van der Waals surface area contributed by atoms with Crippen LogP contribution in [0.1, 0.15) is 26.2 Å². The summed E-state index contributed by atoms with van der Waals surface area (Å²) in [4.78, 5) is 24.9. The van der Waals surface area contributed by atoms with Gasteiger partial charge in [0.05, 0.1) is 12.1 Å². The Balaban J connectivity index is 1.35. The first kappa shape index (κ1) is 17.5. The highest BCUT2D eigenvalue weighted by molar-refractivity contribution is 6.34. The maximum atomic E-state index is 12.5. The van der Waals surface area contributed by atoms with Gasteiger partial charge in [0.2, 0.25) is 5.91 Å². The molecule has 0 N–H and O–H groups in total. The van der Waals surface area contributed by atoms with Crippen LogP contribution in [0.15, 0.2) is 24.5 Å². The summed E-state index contributed by atoms with van der Waals surface area (Å²) in [6.07, 6.45) is 4.69. The molecule has 0 aliphatic carbocycles. The van der Waals surface area contributed by atoms with Crippen molar-refractivity contribution in [3.05, 3.63) is 29.7 Å². The van der Waals surface area contributed by atoms with Gasteiger partial charge >= 0.3 is 0 Å². The third-order valence-corrected chi connectivity index (χ3v) is 5.62. The first-order chi connectivity index (χ1) is 12.6. The summed E-state index contributed by atoms with van der Waals surface area (Å²) in [5, 5.41) is 1.22. The standard InChI is InChI=1S/C19H23ClN4O2/c1-13-3-2-7-24(13)18(25)11-23-8-6-15(10-23)26-14-4-5-17-16(9-14)19(20)22-12-21-17/h4-5,9,12-13,15H,2-3,6-8,10-11H2,1H3/t13-,15+/m1/s1. The highest BCUT2D eigenvalue weighted by atomic mass is 35.5. The van der Waals surface area contributed by atoms with E-state index in [-0.39, 0.29) is 12.0 Å². The number of likely N-dealkylation sites (tertiary alicyclic amines) is 2. The van der Waals surface area contributed by atoms with E-state index in [1.807, 2.05) is 23.1 Å². The van der Waals surface area contributed by atoms with Gasteiger partial charge in [0, 0.05) is 31.1 Å². The summed E-state index contributed by atoms with van der Waals surface area (Å²) in [6, 6.07) is 6.06. The third-order valence-electron chi connectivity index (χ3n) is 5.32. The van der Waals surface area contributed by atoms with Crippen molar-refractivity contribution >= 4 is 28.4 Å². The lowest BCUT2D eigenvalue weighted by Gasteiger charge is -2.24. The summed E-state index contributed by atoms with van der Waals surface area (Å²) in [7, 11) is 0. The summed E-state index contributed by atoms with van der Waals surface area (Å²) >= 11 is 6.14. The van der Waals surface area contributed by atoms with Crippen molar-refractivity contribution in [1.82, 2.24) is 19.8 Å². The number of rotatable bonds is 4. The lowest BCUT2D eigenvalue weighted by Crippen LogP contribution is -2.41. The van der Waals surface area contributed by atoms with Gasteiger partial charge in [-0.2, -0.15) is 0 Å². The molecule has 2 aromatic rings. The monoisotopic (exact) mass is 374 g/mol. The summed E-state index contributed by atoms with van der Waals surface area (Å²) < 4.78 is 6.12. The minimum absolute atomic E-state index is 0.0830. The van der Waals surface area contributed by atoms with Gasteiger partial charge in [-0.3, -0.25) is 9.69 Å². The van der Waals surface area contributed by atoms with Crippen molar-refractivity contribution in [2.24, 2.45) is 0 Å². The van der Waals surface area contributed by atoms with Crippen LogP contribution in [-0.4, -0.2) is 64.0 Å². The molecule has 0 spiro atoms. The Morgan fingerprint density at radius 2 is 2.19 bits per heavy atom. The van der Waals surface area contributed by atoms with Crippen LogP contribution in [0.25, 0.3) is 10.9 Å². The van der Waals surface area contributed by atoms with Gasteiger partial charge in [-0.25, -0.2) is 9.97 Å². The van der Waals surface area contributed by atoms with Gasteiger partial charge in [-0.15, -0.1) is 0 Å². The molecule has 0 radical (unpaired) electrons. The molecule has 2 aliphatic rings. The van der Waals surface area contributed by atoms with E-state index in [0.717, 1.165) is 55.5 Å². The van der Waals surface area contributed by atoms with E-state index in [1.165, 1.54) is 6.33 Å². The zero-order valence-electron chi connectivity index (χ0n) is 14.9. The zero-order chi connectivity index (χ0) is 18.1. The van der Waals surface area contributed by atoms with Crippen LogP contribution in [0.4, 0.5) is 0 Å². The van der Waals surface area contributed by atoms with Crippen LogP contribution >= 0.6 is 11.6 Å². The number of aromatic nitrogens is 2. The number of fused-ring (bicyclic) bond motifs is 1. The van der Waals surface area contributed by atoms with E-state index in [1.54, 1.807) is 0 Å².